The Kier molecular flexibility index (Phi) is 5.30. The fourth-order valence-corrected chi connectivity index (χ4v) is 3.32. The SMILES string of the molecule is Cc1ccc(SCCC(=O)N(C)Cc2ccc3c(c2)OCO3)cc1. The van der Waals surface area contributed by atoms with Crippen LogP contribution in [0.2, 0.25) is 0 Å². The van der Waals surface area contributed by atoms with Crippen LogP contribution in [0.4, 0.5) is 0 Å². The molecule has 1 heterocycles. The Morgan fingerprint density at radius 2 is 1.88 bits per heavy atom. The van der Waals surface area contributed by atoms with Crippen molar-refractivity contribution in [2.45, 2.75) is 24.8 Å². The summed E-state index contributed by atoms with van der Waals surface area (Å²) in [7, 11) is 1.84. The lowest BCUT2D eigenvalue weighted by molar-refractivity contribution is -0.129. The van der Waals surface area contributed by atoms with E-state index in [0.717, 1.165) is 22.8 Å². The summed E-state index contributed by atoms with van der Waals surface area (Å²) in [4.78, 5) is 15.2. The lowest BCUT2D eigenvalue weighted by atomic mass is 10.2. The van der Waals surface area contributed by atoms with Gasteiger partial charge < -0.3 is 14.4 Å². The van der Waals surface area contributed by atoms with E-state index in [2.05, 4.69) is 31.2 Å². The summed E-state index contributed by atoms with van der Waals surface area (Å²) in [5, 5.41) is 0. The smallest absolute Gasteiger partial charge is 0.231 e. The molecule has 24 heavy (non-hydrogen) atoms. The van der Waals surface area contributed by atoms with E-state index in [1.165, 1.54) is 10.5 Å². The van der Waals surface area contributed by atoms with Gasteiger partial charge in [-0.05, 0) is 36.8 Å². The number of thioether (sulfide) groups is 1. The van der Waals surface area contributed by atoms with Crippen molar-refractivity contribution in [1.82, 2.24) is 4.90 Å². The molecule has 0 bridgehead atoms. The molecule has 2 aromatic rings. The van der Waals surface area contributed by atoms with Crippen LogP contribution in [-0.4, -0.2) is 30.4 Å². The van der Waals surface area contributed by atoms with Gasteiger partial charge in [-0.15, -0.1) is 11.8 Å². The van der Waals surface area contributed by atoms with Crippen LogP contribution in [0, 0.1) is 6.92 Å². The number of amides is 1. The zero-order valence-electron chi connectivity index (χ0n) is 14.0. The van der Waals surface area contributed by atoms with Crippen LogP contribution in [0.1, 0.15) is 17.5 Å². The van der Waals surface area contributed by atoms with Gasteiger partial charge in [0.25, 0.3) is 0 Å². The molecular weight excluding hydrogens is 322 g/mol. The highest BCUT2D eigenvalue weighted by atomic mass is 32.2. The number of aryl methyl sites for hydroxylation is 1. The Morgan fingerprint density at radius 3 is 2.67 bits per heavy atom. The van der Waals surface area contributed by atoms with Crippen LogP contribution in [-0.2, 0) is 11.3 Å². The van der Waals surface area contributed by atoms with Crippen LogP contribution < -0.4 is 9.47 Å². The summed E-state index contributed by atoms with van der Waals surface area (Å²) in [5.74, 6) is 2.45. The van der Waals surface area contributed by atoms with E-state index >= 15 is 0 Å². The third kappa shape index (κ3) is 4.23. The molecule has 1 aliphatic rings. The topological polar surface area (TPSA) is 38.8 Å². The van der Waals surface area contributed by atoms with Crippen molar-refractivity contribution in [3.63, 3.8) is 0 Å². The van der Waals surface area contributed by atoms with E-state index < -0.39 is 0 Å². The number of rotatable bonds is 6. The predicted octanol–water partition coefficient (Wildman–Crippen LogP) is 3.86. The minimum absolute atomic E-state index is 0.146. The second-order valence-electron chi connectivity index (χ2n) is 5.85. The molecule has 2 aromatic carbocycles. The normalized spacial score (nSPS) is 12.2. The molecule has 0 N–H and O–H groups in total. The Hall–Kier alpha value is -2.14. The molecule has 0 atom stereocenters. The molecule has 0 aliphatic carbocycles. The van der Waals surface area contributed by atoms with Crippen LogP contribution in [0.25, 0.3) is 0 Å². The minimum Gasteiger partial charge on any atom is -0.454 e. The van der Waals surface area contributed by atoms with E-state index in [1.54, 1.807) is 16.7 Å². The second kappa shape index (κ2) is 7.62. The highest BCUT2D eigenvalue weighted by Gasteiger charge is 2.15. The van der Waals surface area contributed by atoms with Gasteiger partial charge in [-0.25, -0.2) is 0 Å². The molecule has 1 amide bonds. The van der Waals surface area contributed by atoms with Gasteiger partial charge in [0.1, 0.15) is 0 Å². The van der Waals surface area contributed by atoms with Gasteiger partial charge in [-0.2, -0.15) is 0 Å². The molecule has 3 rings (SSSR count). The van der Waals surface area contributed by atoms with Crippen molar-refractivity contribution in [2.24, 2.45) is 0 Å². The summed E-state index contributed by atoms with van der Waals surface area (Å²) in [6.07, 6.45) is 0.527. The Morgan fingerprint density at radius 1 is 1.12 bits per heavy atom. The lowest BCUT2D eigenvalue weighted by Crippen LogP contribution is -2.26. The van der Waals surface area contributed by atoms with Crippen molar-refractivity contribution >= 4 is 17.7 Å². The van der Waals surface area contributed by atoms with E-state index in [4.69, 9.17) is 9.47 Å². The lowest BCUT2D eigenvalue weighted by Gasteiger charge is -2.17. The zero-order valence-corrected chi connectivity index (χ0v) is 14.8. The van der Waals surface area contributed by atoms with Gasteiger partial charge in [-0.1, -0.05) is 23.8 Å². The number of carbonyl (C=O) groups is 1. The quantitative estimate of drug-likeness (QED) is 0.747. The molecular formula is C19H21NO3S. The maximum Gasteiger partial charge on any atom is 0.231 e. The molecule has 0 unspecified atom stereocenters. The molecule has 0 spiro atoms. The standard InChI is InChI=1S/C19H21NO3S/c1-14-3-6-16(7-4-14)24-10-9-19(21)20(2)12-15-5-8-17-18(11-15)23-13-22-17/h3-8,11H,9-10,12-13H2,1-2H3. The average molecular weight is 343 g/mol. The maximum atomic E-state index is 12.3. The van der Waals surface area contributed by atoms with Gasteiger partial charge >= 0.3 is 0 Å². The summed E-state index contributed by atoms with van der Waals surface area (Å²) in [6, 6.07) is 14.2. The van der Waals surface area contributed by atoms with Crippen molar-refractivity contribution in [3.8, 4) is 11.5 Å². The first-order valence-corrected chi connectivity index (χ1v) is 8.92. The third-order valence-electron chi connectivity index (χ3n) is 3.89. The summed E-state index contributed by atoms with van der Waals surface area (Å²) in [6.45, 7) is 2.91. The van der Waals surface area contributed by atoms with E-state index in [0.29, 0.717) is 13.0 Å². The molecule has 0 aromatic heterocycles. The number of carbonyl (C=O) groups excluding carboxylic acids is 1. The first-order chi connectivity index (χ1) is 11.6. The number of ether oxygens (including phenoxy) is 2. The van der Waals surface area contributed by atoms with E-state index in [1.807, 2.05) is 25.2 Å². The Labute approximate surface area is 146 Å². The number of hydrogen-bond acceptors (Lipinski definition) is 4. The summed E-state index contributed by atoms with van der Waals surface area (Å²) >= 11 is 1.71. The van der Waals surface area contributed by atoms with Crippen LogP contribution >= 0.6 is 11.8 Å². The highest BCUT2D eigenvalue weighted by Crippen LogP contribution is 2.32. The van der Waals surface area contributed by atoms with Crippen molar-refractivity contribution < 1.29 is 14.3 Å². The second-order valence-corrected chi connectivity index (χ2v) is 7.02. The number of nitrogens with zero attached hydrogens (tertiary/aromatic N) is 1. The largest absolute Gasteiger partial charge is 0.454 e. The Balaban J connectivity index is 1.47. The first-order valence-electron chi connectivity index (χ1n) is 7.94. The van der Waals surface area contributed by atoms with Gasteiger partial charge in [0, 0.05) is 30.7 Å². The van der Waals surface area contributed by atoms with Gasteiger partial charge in [0.15, 0.2) is 11.5 Å². The Bertz CT molecular complexity index is 715. The fourth-order valence-electron chi connectivity index (χ4n) is 2.48. The number of fused-ring (bicyclic) bond motifs is 1. The molecule has 4 nitrogen and oxygen atoms in total. The third-order valence-corrected chi connectivity index (χ3v) is 4.90. The molecule has 126 valence electrons. The van der Waals surface area contributed by atoms with Crippen molar-refractivity contribution in [3.05, 3.63) is 53.6 Å². The average Bonchev–Trinajstić information content (AvgIpc) is 3.04. The zero-order chi connectivity index (χ0) is 16.9. The predicted molar refractivity (Wildman–Crippen MR) is 95.6 cm³/mol. The van der Waals surface area contributed by atoms with Gasteiger partial charge in [-0.3, -0.25) is 4.79 Å². The number of hydrogen-bond donors (Lipinski definition) is 0. The van der Waals surface area contributed by atoms with Gasteiger partial charge in [0.2, 0.25) is 12.7 Å². The molecule has 0 saturated carbocycles. The molecule has 0 saturated heterocycles. The van der Waals surface area contributed by atoms with Crippen LogP contribution in [0.5, 0.6) is 11.5 Å². The molecule has 5 heteroatoms. The van der Waals surface area contributed by atoms with Gasteiger partial charge in [0.05, 0.1) is 0 Å². The van der Waals surface area contributed by atoms with Crippen LogP contribution in [0.3, 0.4) is 0 Å². The number of benzene rings is 2. The van der Waals surface area contributed by atoms with Crippen molar-refractivity contribution in [2.75, 3.05) is 19.6 Å². The maximum absolute atomic E-state index is 12.3. The highest BCUT2D eigenvalue weighted by molar-refractivity contribution is 7.99. The summed E-state index contributed by atoms with van der Waals surface area (Å²) in [5.41, 5.74) is 2.29. The van der Waals surface area contributed by atoms with Crippen LogP contribution in [0.15, 0.2) is 47.4 Å². The first kappa shape index (κ1) is 16.7. The monoisotopic (exact) mass is 343 g/mol. The molecule has 0 radical (unpaired) electrons. The van der Waals surface area contributed by atoms with E-state index in [-0.39, 0.29) is 12.7 Å². The molecule has 1 aliphatic heterocycles. The fraction of sp³-hybridized carbons (Fsp3) is 0.316. The van der Waals surface area contributed by atoms with Crippen molar-refractivity contribution in [1.29, 1.82) is 0 Å². The minimum atomic E-state index is 0.146. The van der Waals surface area contributed by atoms with E-state index in [9.17, 15) is 4.79 Å². The summed E-state index contributed by atoms with van der Waals surface area (Å²) < 4.78 is 10.7. The molecule has 0 fully saturated rings.